The molecule has 0 spiro atoms. The molecule has 1 saturated carbocycles. The largest absolute Gasteiger partial charge is 0.355 e. The fourth-order valence-corrected chi connectivity index (χ4v) is 1.41. The molecule has 1 amide bonds. The summed E-state index contributed by atoms with van der Waals surface area (Å²) in [7, 11) is 0. The maximum atomic E-state index is 12.3. The summed E-state index contributed by atoms with van der Waals surface area (Å²) < 4.78 is 24.7. The van der Waals surface area contributed by atoms with Gasteiger partial charge in [-0.25, -0.2) is 8.78 Å². The smallest absolute Gasteiger partial charge is 0.248 e. The van der Waals surface area contributed by atoms with Crippen LogP contribution >= 0.6 is 12.6 Å². The molecule has 0 aliphatic heterocycles. The molecule has 76 valence electrons. The number of amides is 1. The minimum Gasteiger partial charge on any atom is -0.355 e. The second-order valence-corrected chi connectivity index (χ2v) is 4.33. The van der Waals surface area contributed by atoms with E-state index >= 15 is 0 Å². The van der Waals surface area contributed by atoms with Crippen LogP contribution in [-0.2, 0) is 4.79 Å². The van der Waals surface area contributed by atoms with Gasteiger partial charge in [0.2, 0.25) is 11.8 Å². The molecule has 0 saturated heterocycles. The molecule has 13 heavy (non-hydrogen) atoms. The minimum atomic E-state index is -2.50. The van der Waals surface area contributed by atoms with E-state index in [-0.39, 0.29) is 29.9 Å². The van der Waals surface area contributed by atoms with Crippen molar-refractivity contribution < 1.29 is 13.6 Å². The lowest BCUT2D eigenvalue weighted by molar-refractivity contribution is -0.125. The molecule has 0 heterocycles. The summed E-state index contributed by atoms with van der Waals surface area (Å²) in [5.74, 6) is -2.76. The number of halogens is 2. The number of alkyl halides is 2. The van der Waals surface area contributed by atoms with Gasteiger partial charge < -0.3 is 5.32 Å². The summed E-state index contributed by atoms with van der Waals surface area (Å²) >= 11 is 3.92. The molecule has 1 fully saturated rings. The highest BCUT2D eigenvalue weighted by Crippen LogP contribution is 2.41. The minimum absolute atomic E-state index is 0.0639. The van der Waals surface area contributed by atoms with Gasteiger partial charge in [0.1, 0.15) is 0 Å². The van der Waals surface area contributed by atoms with E-state index in [0.717, 1.165) is 0 Å². The van der Waals surface area contributed by atoms with Gasteiger partial charge in [0.15, 0.2) is 0 Å². The topological polar surface area (TPSA) is 29.1 Å². The third-order valence-corrected chi connectivity index (χ3v) is 2.35. The van der Waals surface area contributed by atoms with Crippen LogP contribution in [0.1, 0.15) is 19.8 Å². The Morgan fingerprint density at radius 2 is 2.23 bits per heavy atom. The molecule has 1 unspecified atom stereocenters. The van der Waals surface area contributed by atoms with E-state index in [4.69, 9.17) is 0 Å². The molecule has 0 aromatic carbocycles. The van der Waals surface area contributed by atoms with Gasteiger partial charge in [0.05, 0.1) is 5.25 Å². The molecule has 2 nitrogen and oxygen atoms in total. The average molecular weight is 209 g/mol. The van der Waals surface area contributed by atoms with Crippen molar-refractivity contribution in [3.63, 3.8) is 0 Å². The van der Waals surface area contributed by atoms with Crippen molar-refractivity contribution in [1.29, 1.82) is 0 Å². The van der Waals surface area contributed by atoms with Gasteiger partial charge in [-0.2, -0.15) is 12.6 Å². The average Bonchev–Trinajstić information content (AvgIpc) is 1.95. The second kappa shape index (κ2) is 3.82. The van der Waals surface area contributed by atoms with Crippen molar-refractivity contribution in [1.82, 2.24) is 5.32 Å². The molecule has 1 aliphatic rings. The van der Waals surface area contributed by atoms with E-state index in [1.807, 2.05) is 0 Å². The molecule has 1 rings (SSSR count). The van der Waals surface area contributed by atoms with Gasteiger partial charge in [0, 0.05) is 19.4 Å². The van der Waals surface area contributed by atoms with Crippen molar-refractivity contribution in [3.05, 3.63) is 0 Å². The molecular weight excluding hydrogens is 196 g/mol. The highest BCUT2D eigenvalue weighted by Gasteiger charge is 2.44. The van der Waals surface area contributed by atoms with Crippen LogP contribution in [0.2, 0.25) is 0 Å². The molecule has 0 aromatic rings. The van der Waals surface area contributed by atoms with Crippen LogP contribution in [0.25, 0.3) is 0 Å². The van der Waals surface area contributed by atoms with E-state index in [9.17, 15) is 13.6 Å². The lowest BCUT2D eigenvalue weighted by Crippen LogP contribution is -2.43. The summed E-state index contributed by atoms with van der Waals surface area (Å²) in [6, 6.07) is 0. The SMILES string of the molecule is CC(S)C(=O)NCC1CC(F)(F)C1. The summed E-state index contributed by atoms with van der Waals surface area (Å²) in [4.78, 5) is 11.0. The van der Waals surface area contributed by atoms with Gasteiger partial charge >= 0.3 is 0 Å². The van der Waals surface area contributed by atoms with Gasteiger partial charge in [0.25, 0.3) is 0 Å². The fraction of sp³-hybridized carbons (Fsp3) is 0.875. The van der Waals surface area contributed by atoms with Crippen molar-refractivity contribution in [2.75, 3.05) is 6.54 Å². The zero-order valence-electron chi connectivity index (χ0n) is 7.39. The Balaban J connectivity index is 2.12. The summed E-state index contributed by atoms with van der Waals surface area (Å²) in [6.07, 6.45) is -0.206. The van der Waals surface area contributed by atoms with Gasteiger partial charge in [-0.15, -0.1) is 0 Å². The maximum absolute atomic E-state index is 12.3. The molecule has 0 radical (unpaired) electrons. The Labute approximate surface area is 81.5 Å². The lowest BCUT2D eigenvalue weighted by Gasteiger charge is -2.34. The molecule has 5 heteroatoms. The zero-order valence-corrected chi connectivity index (χ0v) is 8.28. The Morgan fingerprint density at radius 3 is 2.62 bits per heavy atom. The van der Waals surface area contributed by atoms with E-state index in [1.54, 1.807) is 6.92 Å². The first-order valence-electron chi connectivity index (χ1n) is 4.24. The quantitative estimate of drug-likeness (QED) is 0.677. The number of nitrogens with one attached hydrogen (secondary N) is 1. The van der Waals surface area contributed by atoms with Gasteiger partial charge in [-0.1, -0.05) is 0 Å². The van der Waals surface area contributed by atoms with Crippen molar-refractivity contribution in [3.8, 4) is 0 Å². The Hall–Kier alpha value is -0.320. The first kappa shape index (κ1) is 10.8. The summed E-state index contributed by atoms with van der Waals surface area (Å²) in [5.41, 5.74) is 0. The monoisotopic (exact) mass is 209 g/mol. The van der Waals surface area contributed by atoms with E-state index in [0.29, 0.717) is 6.54 Å². The van der Waals surface area contributed by atoms with Crippen LogP contribution in [0.4, 0.5) is 8.78 Å². The van der Waals surface area contributed by atoms with E-state index in [1.165, 1.54) is 0 Å². The number of hydrogen-bond donors (Lipinski definition) is 2. The predicted molar refractivity (Wildman–Crippen MR) is 49.1 cm³/mol. The van der Waals surface area contributed by atoms with Crippen LogP contribution in [0.3, 0.4) is 0 Å². The number of hydrogen-bond acceptors (Lipinski definition) is 2. The van der Waals surface area contributed by atoms with Crippen LogP contribution in [0, 0.1) is 5.92 Å². The first-order chi connectivity index (χ1) is 5.91. The standard InChI is InChI=1S/C8H13F2NOS/c1-5(13)7(12)11-4-6-2-8(9,10)3-6/h5-6,13H,2-4H2,1H3,(H,11,12). The molecule has 0 aromatic heterocycles. The summed E-state index contributed by atoms with van der Waals surface area (Å²) in [5, 5.41) is 2.20. The number of carbonyl (C=O) groups excluding carboxylic acids is 1. The molecule has 1 aliphatic carbocycles. The fourth-order valence-electron chi connectivity index (χ4n) is 1.32. The lowest BCUT2D eigenvalue weighted by atomic mass is 9.81. The second-order valence-electron chi connectivity index (χ2n) is 3.55. The normalized spacial score (nSPS) is 23.4. The molecule has 1 atom stereocenters. The number of rotatable bonds is 3. The van der Waals surface area contributed by atoms with Gasteiger partial charge in [-0.3, -0.25) is 4.79 Å². The first-order valence-corrected chi connectivity index (χ1v) is 4.76. The van der Waals surface area contributed by atoms with Crippen LogP contribution in [0.15, 0.2) is 0 Å². The predicted octanol–water partition coefficient (Wildman–Crippen LogP) is 1.47. The van der Waals surface area contributed by atoms with Crippen molar-refractivity contribution >= 4 is 18.5 Å². The maximum Gasteiger partial charge on any atom is 0.248 e. The third-order valence-electron chi connectivity index (χ3n) is 2.12. The third kappa shape index (κ3) is 3.14. The highest BCUT2D eigenvalue weighted by atomic mass is 32.1. The highest BCUT2D eigenvalue weighted by molar-refractivity contribution is 7.81. The summed E-state index contributed by atoms with van der Waals surface area (Å²) in [6.45, 7) is 1.99. The number of thiol groups is 1. The van der Waals surface area contributed by atoms with Gasteiger partial charge in [-0.05, 0) is 12.8 Å². The van der Waals surface area contributed by atoms with Crippen LogP contribution < -0.4 is 5.32 Å². The van der Waals surface area contributed by atoms with E-state index < -0.39 is 5.92 Å². The van der Waals surface area contributed by atoms with Crippen molar-refractivity contribution in [2.24, 2.45) is 5.92 Å². The Morgan fingerprint density at radius 1 is 1.69 bits per heavy atom. The van der Waals surface area contributed by atoms with Crippen LogP contribution in [0.5, 0.6) is 0 Å². The Bertz CT molecular complexity index is 200. The van der Waals surface area contributed by atoms with Crippen molar-refractivity contribution in [2.45, 2.75) is 30.9 Å². The Kier molecular flexibility index (Phi) is 3.16. The molecule has 0 bridgehead atoms. The molecule has 1 N–H and O–H groups in total. The zero-order chi connectivity index (χ0) is 10.1. The van der Waals surface area contributed by atoms with E-state index in [2.05, 4.69) is 17.9 Å². The van der Waals surface area contributed by atoms with Crippen LogP contribution in [-0.4, -0.2) is 23.6 Å². The molecular formula is C8H13F2NOS. The number of carbonyl (C=O) groups is 1.